The molecule has 0 radical (unpaired) electrons. The van der Waals surface area contributed by atoms with Crippen molar-refractivity contribution in [3.8, 4) is 5.69 Å². The van der Waals surface area contributed by atoms with E-state index >= 15 is 0 Å². The van der Waals surface area contributed by atoms with E-state index in [0.29, 0.717) is 20.3 Å². The van der Waals surface area contributed by atoms with Crippen LogP contribution in [-0.4, -0.2) is 15.7 Å². The predicted molar refractivity (Wildman–Crippen MR) is 98.6 cm³/mol. The van der Waals surface area contributed by atoms with Crippen LogP contribution in [0.3, 0.4) is 0 Å². The molecule has 1 heterocycles. The van der Waals surface area contributed by atoms with E-state index in [9.17, 15) is 22.4 Å². The fourth-order valence-electron chi connectivity index (χ4n) is 2.72. The van der Waals surface area contributed by atoms with E-state index in [1.54, 1.807) is 25.1 Å². The monoisotopic (exact) mass is 455 g/mol. The van der Waals surface area contributed by atoms with Gasteiger partial charge in [0.05, 0.1) is 17.4 Å². The molecule has 28 heavy (non-hydrogen) atoms. The molecule has 146 valence electrons. The molecule has 0 atom stereocenters. The minimum absolute atomic E-state index is 0.149. The molecule has 0 aliphatic rings. The summed E-state index contributed by atoms with van der Waals surface area (Å²) < 4.78 is 55.7. The van der Waals surface area contributed by atoms with Gasteiger partial charge in [-0.05, 0) is 42.3 Å². The van der Waals surface area contributed by atoms with Crippen LogP contribution in [0.25, 0.3) is 5.69 Å². The van der Waals surface area contributed by atoms with E-state index < -0.39 is 29.2 Å². The molecule has 1 N–H and O–H groups in total. The summed E-state index contributed by atoms with van der Waals surface area (Å²) in [6.07, 6.45) is -3.92. The number of nitrogens with zero attached hydrogens (tertiary/aromatic N) is 2. The van der Waals surface area contributed by atoms with E-state index in [0.717, 1.165) is 6.20 Å². The minimum Gasteiger partial charge on any atom is -0.348 e. The van der Waals surface area contributed by atoms with Crippen LogP contribution in [0.15, 0.2) is 53.1 Å². The highest BCUT2D eigenvalue weighted by molar-refractivity contribution is 9.10. The van der Waals surface area contributed by atoms with Gasteiger partial charge in [0.2, 0.25) is 0 Å². The van der Waals surface area contributed by atoms with Crippen LogP contribution in [0.1, 0.15) is 27.2 Å². The van der Waals surface area contributed by atoms with Gasteiger partial charge in [-0.25, -0.2) is 9.07 Å². The summed E-state index contributed by atoms with van der Waals surface area (Å²) in [7, 11) is 0. The van der Waals surface area contributed by atoms with Crippen LogP contribution >= 0.6 is 15.9 Å². The molecule has 3 rings (SSSR count). The number of carbonyl (C=O) groups excluding carboxylic acids is 1. The third-order valence-electron chi connectivity index (χ3n) is 4.07. The maximum absolute atomic E-state index is 13.7. The second-order valence-corrected chi connectivity index (χ2v) is 6.88. The van der Waals surface area contributed by atoms with Crippen molar-refractivity contribution in [3.05, 3.63) is 81.3 Å². The Bertz CT molecular complexity index is 1030. The Morgan fingerprint density at radius 1 is 1.21 bits per heavy atom. The van der Waals surface area contributed by atoms with Gasteiger partial charge >= 0.3 is 6.18 Å². The van der Waals surface area contributed by atoms with Crippen molar-refractivity contribution >= 4 is 21.8 Å². The van der Waals surface area contributed by atoms with Crippen molar-refractivity contribution in [3.63, 3.8) is 0 Å². The van der Waals surface area contributed by atoms with Crippen molar-refractivity contribution in [1.29, 1.82) is 0 Å². The first-order valence-electron chi connectivity index (χ1n) is 8.12. The normalized spacial score (nSPS) is 11.5. The molecule has 1 aromatic heterocycles. The maximum Gasteiger partial charge on any atom is 0.434 e. The molecular formula is C19H14BrF4N3O. The second kappa shape index (κ2) is 7.75. The maximum atomic E-state index is 13.7. The quantitative estimate of drug-likeness (QED) is 0.560. The van der Waals surface area contributed by atoms with Gasteiger partial charge < -0.3 is 5.32 Å². The van der Waals surface area contributed by atoms with E-state index in [1.807, 2.05) is 0 Å². The SMILES string of the molecule is Cc1ccccc1-n1ncc(C(=O)NCc2cc(F)ccc2Br)c1C(F)(F)F. The lowest BCUT2D eigenvalue weighted by Gasteiger charge is -2.14. The smallest absolute Gasteiger partial charge is 0.348 e. The van der Waals surface area contributed by atoms with Crippen molar-refractivity contribution < 1.29 is 22.4 Å². The number of hydrogen-bond acceptors (Lipinski definition) is 2. The summed E-state index contributed by atoms with van der Waals surface area (Å²) in [5, 5.41) is 6.17. The highest BCUT2D eigenvalue weighted by atomic mass is 79.9. The number of aryl methyl sites for hydroxylation is 1. The summed E-state index contributed by atoms with van der Waals surface area (Å²) in [6, 6.07) is 10.3. The first-order chi connectivity index (χ1) is 13.2. The third kappa shape index (κ3) is 4.09. The van der Waals surface area contributed by atoms with Crippen LogP contribution in [0.2, 0.25) is 0 Å². The van der Waals surface area contributed by atoms with Gasteiger partial charge in [0.1, 0.15) is 5.82 Å². The van der Waals surface area contributed by atoms with Crippen LogP contribution in [0.5, 0.6) is 0 Å². The Morgan fingerprint density at radius 3 is 2.61 bits per heavy atom. The number of halogens is 5. The van der Waals surface area contributed by atoms with Gasteiger partial charge in [-0.3, -0.25) is 4.79 Å². The number of carbonyl (C=O) groups is 1. The van der Waals surface area contributed by atoms with Crippen molar-refractivity contribution in [1.82, 2.24) is 15.1 Å². The third-order valence-corrected chi connectivity index (χ3v) is 4.85. The molecule has 0 aliphatic carbocycles. The minimum atomic E-state index is -4.80. The number of alkyl halides is 3. The Labute approximate surface area is 166 Å². The molecule has 0 fully saturated rings. The predicted octanol–water partition coefficient (Wildman–Crippen LogP) is 5.03. The molecule has 0 saturated heterocycles. The Balaban J connectivity index is 1.94. The first kappa shape index (κ1) is 20.1. The highest BCUT2D eigenvalue weighted by Gasteiger charge is 2.40. The lowest BCUT2D eigenvalue weighted by atomic mass is 10.1. The number of hydrogen-bond donors (Lipinski definition) is 1. The number of amides is 1. The molecule has 4 nitrogen and oxygen atoms in total. The molecule has 9 heteroatoms. The number of para-hydroxylation sites is 1. The van der Waals surface area contributed by atoms with Crippen LogP contribution in [0.4, 0.5) is 17.6 Å². The number of aromatic nitrogens is 2. The van der Waals surface area contributed by atoms with Gasteiger partial charge in [-0.1, -0.05) is 34.1 Å². The van der Waals surface area contributed by atoms with Crippen LogP contribution in [0, 0.1) is 12.7 Å². The fourth-order valence-corrected chi connectivity index (χ4v) is 3.11. The molecule has 0 saturated carbocycles. The van der Waals surface area contributed by atoms with E-state index in [4.69, 9.17) is 0 Å². The average molecular weight is 456 g/mol. The Kier molecular flexibility index (Phi) is 5.55. The zero-order valence-corrected chi connectivity index (χ0v) is 16.1. The summed E-state index contributed by atoms with van der Waals surface area (Å²) in [6.45, 7) is 1.50. The topological polar surface area (TPSA) is 46.9 Å². The van der Waals surface area contributed by atoms with Crippen molar-refractivity contribution in [2.45, 2.75) is 19.6 Å². The molecule has 0 unspecified atom stereocenters. The standard InChI is InChI=1S/C19H14BrF4N3O/c1-11-4-2-3-5-16(11)27-17(19(22,23)24)14(10-26-27)18(28)25-9-12-8-13(21)6-7-15(12)20/h2-8,10H,9H2,1H3,(H,25,28). The number of rotatable bonds is 4. The van der Waals surface area contributed by atoms with Gasteiger partial charge in [0.25, 0.3) is 5.91 Å². The van der Waals surface area contributed by atoms with Gasteiger partial charge in [-0.2, -0.15) is 18.3 Å². The molecular weight excluding hydrogens is 442 g/mol. The first-order valence-corrected chi connectivity index (χ1v) is 8.91. The van der Waals surface area contributed by atoms with Gasteiger partial charge in [-0.15, -0.1) is 0 Å². The van der Waals surface area contributed by atoms with Crippen molar-refractivity contribution in [2.75, 3.05) is 0 Å². The van der Waals surface area contributed by atoms with Gasteiger partial charge in [0, 0.05) is 11.0 Å². The largest absolute Gasteiger partial charge is 0.434 e. The number of nitrogens with one attached hydrogen (secondary N) is 1. The molecule has 2 aromatic carbocycles. The summed E-state index contributed by atoms with van der Waals surface area (Å²) in [5.41, 5.74) is -0.581. The lowest BCUT2D eigenvalue weighted by molar-refractivity contribution is -0.143. The number of benzene rings is 2. The fraction of sp³-hybridized carbons (Fsp3) is 0.158. The Morgan fingerprint density at radius 2 is 1.93 bits per heavy atom. The van der Waals surface area contributed by atoms with Crippen LogP contribution in [-0.2, 0) is 12.7 Å². The highest BCUT2D eigenvalue weighted by Crippen LogP contribution is 2.34. The molecule has 3 aromatic rings. The molecule has 1 amide bonds. The second-order valence-electron chi connectivity index (χ2n) is 6.02. The zero-order chi connectivity index (χ0) is 20.5. The average Bonchev–Trinajstić information content (AvgIpc) is 3.08. The van der Waals surface area contributed by atoms with E-state index in [2.05, 4.69) is 26.3 Å². The van der Waals surface area contributed by atoms with Crippen LogP contribution < -0.4 is 5.32 Å². The van der Waals surface area contributed by atoms with E-state index in [-0.39, 0.29) is 12.2 Å². The van der Waals surface area contributed by atoms with E-state index in [1.165, 1.54) is 24.3 Å². The van der Waals surface area contributed by atoms with Gasteiger partial charge in [0.15, 0.2) is 5.69 Å². The lowest BCUT2D eigenvalue weighted by Crippen LogP contribution is -2.26. The molecule has 0 spiro atoms. The summed E-state index contributed by atoms with van der Waals surface area (Å²) in [4.78, 5) is 12.4. The van der Waals surface area contributed by atoms with Crippen molar-refractivity contribution in [2.24, 2.45) is 0 Å². The molecule has 0 bridgehead atoms. The molecule has 0 aliphatic heterocycles. The summed E-state index contributed by atoms with van der Waals surface area (Å²) >= 11 is 3.21. The Hall–Kier alpha value is -2.68. The summed E-state index contributed by atoms with van der Waals surface area (Å²) in [5.74, 6) is -1.47. The zero-order valence-electron chi connectivity index (χ0n) is 14.5.